The van der Waals surface area contributed by atoms with Crippen molar-refractivity contribution in [1.29, 1.82) is 0 Å². The summed E-state index contributed by atoms with van der Waals surface area (Å²) in [7, 11) is -3.29. The Morgan fingerprint density at radius 3 is 2.62 bits per heavy atom. The summed E-state index contributed by atoms with van der Waals surface area (Å²) in [5, 5.41) is 11.0. The zero-order valence-corrected chi connectivity index (χ0v) is 12.1. The Balaban J connectivity index is 2.50. The monoisotopic (exact) mass is 316 g/mol. The Labute approximate surface area is 122 Å². The van der Waals surface area contributed by atoms with Gasteiger partial charge in [0.05, 0.1) is 6.26 Å². The van der Waals surface area contributed by atoms with E-state index in [0.29, 0.717) is 0 Å². The quantitative estimate of drug-likeness (QED) is 0.552. The van der Waals surface area contributed by atoms with E-state index in [0.717, 1.165) is 6.26 Å². The van der Waals surface area contributed by atoms with Crippen molar-refractivity contribution in [3.8, 4) is 5.75 Å². The van der Waals surface area contributed by atoms with Crippen LogP contribution in [0.2, 0.25) is 0 Å². The summed E-state index contributed by atoms with van der Waals surface area (Å²) in [4.78, 5) is 22.2. The fourth-order valence-corrected chi connectivity index (χ4v) is 1.86. The van der Waals surface area contributed by atoms with Crippen LogP contribution in [-0.2, 0) is 14.8 Å². The fourth-order valence-electron chi connectivity index (χ4n) is 1.39. The van der Waals surface area contributed by atoms with Crippen LogP contribution >= 0.6 is 0 Å². The Kier molecular flexibility index (Phi) is 6.12. The molecule has 0 heterocycles. The summed E-state index contributed by atoms with van der Waals surface area (Å²) in [6.45, 7) is -0.282. The molecule has 21 heavy (non-hydrogen) atoms. The van der Waals surface area contributed by atoms with Gasteiger partial charge in [-0.15, -0.1) is 0 Å². The summed E-state index contributed by atoms with van der Waals surface area (Å²) in [6.07, 6.45) is 1.03. The molecule has 0 aromatic heterocycles. The fraction of sp³-hybridized carbons (Fsp3) is 0.333. The second-order valence-electron chi connectivity index (χ2n) is 4.13. The maximum absolute atomic E-state index is 11.8. The molecule has 8 nitrogen and oxygen atoms in total. The van der Waals surface area contributed by atoms with Crippen LogP contribution in [-0.4, -0.2) is 51.4 Å². The van der Waals surface area contributed by atoms with E-state index in [1.165, 1.54) is 18.2 Å². The van der Waals surface area contributed by atoms with Crippen molar-refractivity contribution in [3.05, 3.63) is 29.8 Å². The number of carboxylic acids is 1. The summed E-state index contributed by atoms with van der Waals surface area (Å²) >= 11 is 0. The molecule has 1 rings (SSSR count). The van der Waals surface area contributed by atoms with Crippen molar-refractivity contribution < 1.29 is 27.9 Å². The first kappa shape index (κ1) is 16.9. The third-order valence-corrected chi connectivity index (χ3v) is 2.96. The minimum Gasteiger partial charge on any atom is -0.482 e. The zero-order chi connectivity index (χ0) is 15.9. The molecule has 3 N–H and O–H groups in total. The Bertz CT molecular complexity index is 614. The predicted molar refractivity (Wildman–Crippen MR) is 74.8 cm³/mol. The average Bonchev–Trinajstić information content (AvgIpc) is 2.40. The molecule has 1 amide bonds. The molecule has 1 aromatic rings. The lowest BCUT2D eigenvalue weighted by Gasteiger charge is -2.07. The largest absolute Gasteiger partial charge is 0.482 e. The summed E-state index contributed by atoms with van der Waals surface area (Å²) in [5.41, 5.74) is 0.289. The van der Waals surface area contributed by atoms with Gasteiger partial charge in [-0.3, -0.25) is 4.79 Å². The molecule has 0 atom stereocenters. The molecule has 0 aliphatic carbocycles. The highest BCUT2D eigenvalue weighted by atomic mass is 32.2. The van der Waals surface area contributed by atoms with Crippen LogP contribution in [0.25, 0.3) is 0 Å². The van der Waals surface area contributed by atoms with Gasteiger partial charge < -0.3 is 15.2 Å². The van der Waals surface area contributed by atoms with Crippen molar-refractivity contribution in [2.75, 3.05) is 26.0 Å². The standard InChI is InChI=1S/C12H16N2O6S/c1-21(18,19)14-6-5-13-12(17)9-3-2-4-10(7-9)20-8-11(15)16/h2-4,7,14H,5-6,8H2,1H3,(H,13,17)(H,15,16). The molecule has 0 radical (unpaired) electrons. The number of benzene rings is 1. The van der Waals surface area contributed by atoms with Crippen molar-refractivity contribution in [2.24, 2.45) is 0 Å². The van der Waals surface area contributed by atoms with Crippen LogP contribution in [0.15, 0.2) is 24.3 Å². The van der Waals surface area contributed by atoms with Crippen LogP contribution < -0.4 is 14.8 Å². The smallest absolute Gasteiger partial charge is 0.341 e. The van der Waals surface area contributed by atoms with Gasteiger partial charge in [-0.05, 0) is 18.2 Å². The predicted octanol–water partition coefficient (Wildman–Crippen LogP) is -0.571. The minimum atomic E-state index is -3.29. The number of ether oxygens (including phenoxy) is 1. The van der Waals surface area contributed by atoms with Gasteiger partial charge in [0.2, 0.25) is 10.0 Å². The minimum absolute atomic E-state index is 0.0831. The highest BCUT2D eigenvalue weighted by Crippen LogP contribution is 2.13. The molecule has 0 unspecified atom stereocenters. The van der Waals surface area contributed by atoms with Gasteiger partial charge in [0.25, 0.3) is 5.91 Å². The second kappa shape index (κ2) is 7.60. The van der Waals surface area contributed by atoms with Crippen molar-refractivity contribution in [3.63, 3.8) is 0 Å². The number of amides is 1. The van der Waals surface area contributed by atoms with E-state index in [9.17, 15) is 18.0 Å². The van der Waals surface area contributed by atoms with Gasteiger partial charge in [0.1, 0.15) is 5.75 Å². The molecule has 0 saturated carbocycles. The molecule has 0 bridgehead atoms. The van der Waals surface area contributed by atoms with Gasteiger partial charge in [-0.1, -0.05) is 6.07 Å². The van der Waals surface area contributed by atoms with Crippen LogP contribution in [0.1, 0.15) is 10.4 Å². The molecular formula is C12H16N2O6S. The number of carbonyl (C=O) groups is 2. The molecule has 0 fully saturated rings. The number of carbonyl (C=O) groups excluding carboxylic acids is 1. The molecule has 0 saturated heterocycles. The summed E-state index contributed by atoms with van der Waals surface area (Å²) in [6, 6.07) is 6.03. The lowest BCUT2D eigenvalue weighted by Crippen LogP contribution is -2.34. The number of hydrogen-bond acceptors (Lipinski definition) is 5. The number of carboxylic acid groups (broad SMARTS) is 1. The van der Waals surface area contributed by atoms with Gasteiger partial charge in [-0.2, -0.15) is 0 Å². The lowest BCUT2D eigenvalue weighted by atomic mass is 10.2. The topological polar surface area (TPSA) is 122 Å². The first-order valence-electron chi connectivity index (χ1n) is 5.95. The summed E-state index contributed by atoms with van der Waals surface area (Å²) < 4.78 is 28.9. The highest BCUT2D eigenvalue weighted by molar-refractivity contribution is 7.88. The van der Waals surface area contributed by atoms with Crippen molar-refractivity contribution >= 4 is 21.9 Å². The number of hydrogen-bond donors (Lipinski definition) is 3. The lowest BCUT2D eigenvalue weighted by molar-refractivity contribution is -0.139. The average molecular weight is 316 g/mol. The maximum atomic E-state index is 11.8. The maximum Gasteiger partial charge on any atom is 0.341 e. The first-order valence-corrected chi connectivity index (χ1v) is 7.84. The van der Waals surface area contributed by atoms with E-state index >= 15 is 0 Å². The third-order valence-electron chi connectivity index (χ3n) is 2.23. The molecule has 0 aliphatic heterocycles. The van der Waals surface area contributed by atoms with Gasteiger partial charge in [0, 0.05) is 18.7 Å². The molecule has 0 aliphatic rings. The van der Waals surface area contributed by atoms with E-state index in [1.807, 2.05) is 0 Å². The normalized spacial score (nSPS) is 10.9. The van der Waals surface area contributed by atoms with Gasteiger partial charge in [-0.25, -0.2) is 17.9 Å². The third kappa shape index (κ3) is 7.28. The molecular weight excluding hydrogens is 300 g/mol. The molecule has 1 aromatic carbocycles. The Morgan fingerprint density at radius 1 is 1.29 bits per heavy atom. The first-order chi connectivity index (χ1) is 9.78. The van der Waals surface area contributed by atoms with E-state index in [-0.39, 0.29) is 24.4 Å². The van der Waals surface area contributed by atoms with Gasteiger partial charge in [0.15, 0.2) is 6.61 Å². The van der Waals surface area contributed by atoms with Crippen LogP contribution in [0.4, 0.5) is 0 Å². The van der Waals surface area contributed by atoms with Crippen LogP contribution in [0.3, 0.4) is 0 Å². The van der Waals surface area contributed by atoms with E-state index in [1.54, 1.807) is 6.07 Å². The second-order valence-corrected chi connectivity index (χ2v) is 5.97. The molecule has 0 spiro atoms. The van der Waals surface area contributed by atoms with E-state index < -0.39 is 28.5 Å². The number of rotatable bonds is 8. The molecule has 9 heteroatoms. The van der Waals surface area contributed by atoms with Crippen LogP contribution in [0.5, 0.6) is 5.75 Å². The van der Waals surface area contributed by atoms with Crippen LogP contribution in [0, 0.1) is 0 Å². The van der Waals surface area contributed by atoms with E-state index in [2.05, 4.69) is 10.0 Å². The number of aliphatic carboxylic acids is 1. The van der Waals surface area contributed by atoms with Crippen molar-refractivity contribution in [1.82, 2.24) is 10.0 Å². The zero-order valence-electron chi connectivity index (χ0n) is 11.3. The van der Waals surface area contributed by atoms with Gasteiger partial charge >= 0.3 is 5.97 Å². The van der Waals surface area contributed by atoms with Crippen molar-refractivity contribution in [2.45, 2.75) is 0 Å². The molecule has 116 valence electrons. The van der Waals surface area contributed by atoms with E-state index in [4.69, 9.17) is 9.84 Å². The number of sulfonamides is 1. The Hall–Kier alpha value is -2.13. The number of nitrogens with one attached hydrogen (secondary N) is 2. The SMILES string of the molecule is CS(=O)(=O)NCCNC(=O)c1cccc(OCC(=O)O)c1. The highest BCUT2D eigenvalue weighted by Gasteiger charge is 2.07. The summed E-state index contributed by atoms with van der Waals surface area (Å²) in [5.74, 6) is -1.26. The Morgan fingerprint density at radius 2 is 2.00 bits per heavy atom.